The Hall–Kier alpha value is -3.61. The van der Waals surface area contributed by atoms with Gasteiger partial charge < -0.3 is 21.1 Å². The van der Waals surface area contributed by atoms with Crippen LogP contribution in [-0.2, 0) is 23.6 Å². The molecule has 243 valence electrons. The summed E-state index contributed by atoms with van der Waals surface area (Å²) in [4.78, 5) is 21.6. The first-order chi connectivity index (χ1) is 22.5. The standard InChI is InChI=1S/C36H29Br3N7.Fe.H2O/c37-31-16-28(19-40-25-10-4-1-5-11-25)43-34(31)22-46(23-35-32(38)17-29(44-35)20-41-26-12-6-2-7-13-26)24-36-33(39)18-30(45-36)21-42-27-14-8-3-9-15-27;;/h1-21,40-41H,22-24H2;;1H2/q-1;+3;/p-1/b28-19-,29-20-,42-21?;;. The number of nitrogens with one attached hydrogen (secondary N) is 2. The van der Waals surface area contributed by atoms with Crippen molar-refractivity contribution in [2.75, 3.05) is 23.7 Å². The van der Waals surface area contributed by atoms with Crippen molar-refractivity contribution in [2.45, 2.75) is 6.54 Å². The molecule has 0 unspecified atom stereocenters. The van der Waals surface area contributed by atoms with Crippen molar-refractivity contribution in [1.29, 1.82) is 0 Å². The van der Waals surface area contributed by atoms with Gasteiger partial charge in [0.25, 0.3) is 0 Å². The quantitative estimate of drug-likeness (QED) is 0.109. The number of halogens is 3. The van der Waals surface area contributed by atoms with Crippen molar-refractivity contribution in [1.82, 2.24) is 9.88 Å². The van der Waals surface area contributed by atoms with Crippen LogP contribution in [0.25, 0.3) is 0 Å². The summed E-state index contributed by atoms with van der Waals surface area (Å²) < 4.78 is 2.82. The average molecular weight is 872 g/mol. The molecule has 4 aromatic rings. The summed E-state index contributed by atoms with van der Waals surface area (Å²) in [6.07, 6.45) is 9.68. The maximum atomic E-state index is 4.92. The number of hydrogen-bond donors (Lipinski definition) is 2. The maximum Gasteiger partial charge on any atom is 3.00 e. The third-order valence-corrected chi connectivity index (χ3v) is 9.05. The number of aliphatic imine (C=N–C) groups is 3. The fourth-order valence-corrected chi connectivity index (χ4v) is 6.10. The molecule has 48 heavy (non-hydrogen) atoms. The van der Waals surface area contributed by atoms with Crippen molar-refractivity contribution in [2.24, 2.45) is 15.0 Å². The van der Waals surface area contributed by atoms with Gasteiger partial charge in [-0.3, -0.25) is 9.89 Å². The molecule has 1 radical (unpaired) electrons. The third kappa shape index (κ3) is 10.4. The molecule has 2 aliphatic heterocycles. The van der Waals surface area contributed by atoms with E-state index < -0.39 is 0 Å². The van der Waals surface area contributed by atoms with E-state index in [4.69, 9.17) is 15.0 Å². The first kappa shape index (κ1) is 37.2. The van der Waals surface area contributed by atoms with Crippen LogP contribution in [0.3, 0.4) is 0 Å². The van der Waals surface area contributed by atoms with Crippen LogP contribution in [-0.4, -0.2) is 41.1 Å². The van der Waals surface area contributed by atoms with Crippen LogP contribution in [0.5, 0.6) is 0 Å². The van der Waals surface area contributed by atoms with Gasteiger partial charge in [0.05, 0.1) is 28.5 Å². The van der Waals surface area contributed by atoms with Crippen molar-refractivity contribution < 1.29 is 22.5 Å². The van der Waals surface area contributed by atoms with Crippen LogP contribution >= 0.6 is 47.8 Å². The molecule has 8 nitrogen and oxygen atoms in total. The van der Waals surface area contributed by atoms with E-state index >= 15 is 0 Å². The SMILES string of the molecule is BrC1=C/C(=C/Nc2ccccc2)N=C1CN(CC1=N/C(=C\Nc2ccccc2)C=C1Br)Cc1[n-]c(C=Nc2ccccc2)cc1Br.[Fe+3].[OH-]. The molecule has 0 saturated carbocycles. The number of aromatic nitrogens is 1. The molecular formula is C36H30Br3FeN7O+. The van der Waals surface area contributed by atoms with Gasteiger partial charge in [-0.15, -0.1) is 11.4 Å². The second-order valence-corrected chi connectivity index (χ2v) is 13.0. The monoisotopic (exact) mass is 869 g/mol. The van der Waals surface area contributed by atoms with Crippen molar-refractivity contribution >= 4 is 82.5 Å². The van der Waals surface area contributed by atoms with E-state index in [1.807, 2.05) is 122 Å². The molecule has 0 bridgehead atoms. The number of rotatable bonds is 12. The Bertz CT molecular complexity index is 1810. The zero-order chi connectivity index (χ0) is 31.7. The van der Waals surface area contributed by atoms with Gasteiger partial charge in [0.2, 0.25) is 0 Å². The van der Waals surface area contributed by atoms with Crippen LogP contribution in [0, 0.1) is 0 Å². The summed E-state index contributed by atoms with van der Waals surface area (Å²) in [6.45, 7) is 1.72. The van der Waals surface area contributed by atoms with Crippen molar-refractivity contribution in [3.8, 4) is 0 Å². The molecule has 0 atom stereocenters. The Morgan fingerprint density at radius 3 is 1.67 bits per heavy atom. The second kappa shape index (κ2) is 18.2. The summed E-state index contributed by atoms with van der Waals surface area (Å²) in [7, 11) is 0. The Labute approximate surface area is 315 Å². The number of benzene rings is 3. The van der Waals surface area contributed by atoms with Gasteiger partial charge in [-0.1, -0.05) is 76.6 Å². The first-order valence-corrected chi connectivity index (χ1v) is 16.9. The molecule has 3 heterocycles. The predicted molar refractivity (Wildman–Crippen MR) is 204 cm³/mol. The van der Waals surface area contributed by atoms with E-state index in [9.17, 15) is 0 Å². The van der Waals surface area contributed by atoms with E-state index in [2.05, 4.69) is 68.3 Å². The zero-order valence-electron chi connectivity index (χ0n) is 25.4. The van der Waals surface area contributed by atoms with Gasteiger partial charge in [0.15, 0.2) is 0 Å². The molecule has 3 aromatic carbocycles. The molecule has 0 amide bonds. The van der Waals surface area contributed by atoms with E-state index in [0.29, 0.717) is 19.6 Å². The average Bonchev–Trinajstić information content (AvgIpc) is 3.74. The van der Waals surface area contributed by atoms with E-state index in [1.54, 1.807) is 6.21 Å². The van der Waals surface area contributed by atoms with Gasteiger partial charge >= 0.3 is 17.1 Å². The largest absolute Gasteiger partial charge is 3.00 e. The number of anilines is 2. The zero-order valence-corrected chi connectivity index (χ0v) is 31.3. The van der Waals surface area contributed by atoms with Crippen molar-refractivity contribution in [3.63, 3.8) is 0 Å². The number of allylic oxidation sites excluding steroid dienone is 2. The first-order valence-electron chi connectivity index (χ1n) is 14.6. The van der Waals surface area contributed by atoms with Crippen LogP contribution in [0.15, 0.2) is 161 Å². The van der Waals surface area contributed by atoms with Crippen LogP contribution in [0.1, 0.15) is 11.4 Å². The van der Waals surface area contributed by atoms with E-state index in [-0.39, 0.29) is 22.5 Å². The minimum absolute atomic E-state index is 0. The molecule has 6 rings (SSSR count). The molecule has 1 aromatic heterocycles. The molecular weight excluding hydrogens is 842 g/mol. The van der Waals surface area contributed by atoms with Gasteiger partial charge in [-0.25, -0.2) is 9.98 Å². The number of para-hydroxylation sites is 3. The molecule has 3 N–H and O–H groups in total. The third-order valence-electron chi connectivity index (χ3n) is 6.99. The molecule has 12 heteroatoms. The number of hydrogen-bond acceptors (Lipinski definition) is 7. The smallest absolute Gasteiger partial charge is 0.870 e. The Morgan fingerprint density at radius 1 is 0.688 bits per heavy atom. The van der Waals surface area contributed by atoms with Gasteiger partial charge in [-0.05, 0) is 84.9 Å². The fraction of sp³-hybridized carbons (Fsp3) is 0.0833. The topological polar surface area (TPSA) is 108 Å². The maximum absolute atomic E-state index is 4.92. The number of nitrogens with zero attached hydrogens (tertiary/aromatic N) is 5. The fourth-order valence-electron chi connectivity index (χ4n) is 4.75. The normalized spacial score (nSPS) is 15.6. The summed E-state index contributed by atoms with van der Waals surface area (Å²) in [5, 5.41) is 6.65. The van der Waals surface area contributed by atoms with E-state index in [1.165, 1.54) is 0 Å². The summed E-state index contributed by atoms with van der Waals surface area (Å²) >= 11 is 11.2. The second-order valence-electron chi connectivity index (χ2n) is 10.5. The summed E-state index contributed by atoms with van der Waals surface area (Å²) in [5.41, 5.74) is 8.13. The Morgan fingerprint density at radius 2 is 1.17 bits per heavy atom. The van der Waals surface area contributed by atoms with Crippen LogP contribution in [0.2, 0.25) is 0 Å². The van der Waals surface area contributed by atoms with Crippen LogP contribution < -0.4 is 15.6 Å². The Balaban J connectivity index is 0.00000260. The molecule has 0 saturated heterocycles. The minimum Gasteiger partial charge on any atom is -0.870 e. The minimum atomic E-state index is 0. The molecule has 2 aliphatic rings. The molecule has 0 spiro atoms. The van der Waals surface area contributed by atoms with Gasteiger partial charge in [-0.2, -0.15) is 0 Å². The Kier molecular flexibility index (Phi) is 14.1. The van der Waals surface area contributed by atoms with Crippen LogP contribution in [0.4, 0.5) is 17.1 Å². The summed E-state index contributed by atoms with van der Waals surface area (Å²) in [6, 6.07) is 31.9. The summed E-state index contributed by atoms with van der Waals surface area (Å²) in [5.74, 6) is 0. The van der Waals surface area contributed by atoms with E-state index in [0.717, 1.165) is 64.7 Å². The van der Waals surface area contributed by atoms with Gasteiger partial charge in [0, 0.05) is 58.6 Å². The molecule has 0 aliphatic carbocycles. The predicted octanol–water partition coefficient (Wildman–Crippen LogP) is 9.15. The van der Waals surface area contributed by atoms with Crippen molar-refractivity contribution in [3.05, 3.63) is 158 Å². The molecule has 0 fully saturated rings. The van der Waals surface area contributed by atoms with Gasteiger partial charge in [0.1, 0.15) is 0 Å².